The van der Waals surface area contributed by atoms with E-state index in [9.17, 15) is 9.18 Å². The van der Waals surface area contributed by atoms with Crippen molar-refractivity contribution in [2.75, 3.05) is 7.05 Å². The predicted molar refractivity (Wildman–Crippen MR) is 84.6 cm³/mol. The number of hydrogen-bond acceptors (Lipinski definition) is 2. The number of nitrogens with one attached hydrogen (secondary N) is 1. The molecule has 3 rings (SSSR count). The quantitative estimate of drug-likeness (QED) is 0.945. The molecule has 0 bridgehead atoms. The molecule has 1 aliphatic rings. The summed E-state index contributed by atoms with van der Waals surface area (Å²) in [6.07, 6.45) is 2.96. The zero-order chi connectivity index (χ0) is 15.7. The number of halogens is 1. The van der Waals surface area contributed by atoms with E-state index in [1.807, 2.05) is 28.9 Å². The van der Waals surface area contributed by atoms with E-state index in [1.165, 1.54) is 0 Å². The van der Waals surface area contributed by atoms with Gasteiger partial charge < -0.3 is 5.32 Å². The normalized spacial score (nSPS) is 25.3. The van der Waals surface area contributed by atoms with Crippen LogP contribution in [0.1, 0.15) is 43.1 Å². The topological polar surface area (TPSA) is 46.9 Å². The van der Waals surface area contributed by atoms with E-state index in [0.29, 0.717) is 24.5 Å². The summed E-state index contributed by atoms with van der Waals surface area (Å²) in [6.45, 7) is 2.43. The lowest BCUT2D eigenvalue weighted by Gasteiger charge is -2.31. The SMILES string of the molecule is CNC(=O)c1nn(CC2CCC(C)(F)CC2)c2ccccc12. The molecule has 1 amide bonds. The minimum Gasteiger partial charge on any atom is -0.354 e. The highest BCUT2D eigenvalue weighted by molar-refractivity contribution is 6.04. The average molecular weight is 303 g/mol. The van der Waals surface area contributed by atoms with E-state index in [2.05, 4.69) is 10.4 Å². The zero-order valence-corrected chi connectivity index (χ0v) is 13.1. The summed E-state index contributed by atoms with van der Waals surface area (Å²) in [5.74, 6) is 0.250. The van der Waals surface area contributed by atoms with Gasteiger partial charge in [-0.15, -0.1) is 0 Å². The largest absolute Gasteiger partial charge is 0.354 e. The van der Waals surface area contributed by atoms with Crippen molar-refractivity contribution in [3.05, 3.63) is 30.0 Å². The van der Waals surface area contributed by atoms with Crippen LogP contribution in [-0.4, -0.2) is 28.4 Å². The van der Waals surface area contributed by atoms with Crippen LogP contribution >= 0.6 is 0 Å². The van der Waals surface area contributed by atoms with Gasteiger partial charge >= 0.3 is 0 Å². The van der Waals surface area contributed by atoms with Crippen molar-refractivity contribution in [1.29, 1.82) is 0 Å². The number of carbonyl (C=O) groups is 1. The molecule has 1 saturated carbocycles. The lowest BCUT2D eigenvalue weighted by Crippen LogP contribution is -2.28. The standard InChI is InChI=1S/C17H22FN3O/c1-17(18)9-7-12(8-10-17)11-21-14-6-4-3-5-13(14)15(20-21)16(22)19-2/h3-6,12H,7-11H2,1-2H3,(H,19,22). The van der Waals surface area contributed by atoms with Crippen LogP contribution in [0.2, 0.25) is 0 Å². The van der Waals surface area contributed by atoms with E-state index in [4.69, 9.17) is 0 Å². The second-order valence-corrected chi connectivity index (χ2v) is 6.48. The monoisotopic (exact) mass is 303 g/mol. The van der Waals surface area contributed by atoms with Gasteiger partial charge in [-0.3, -0.25) is 9.48 Å². The Balaban J connectivity index is 1.87. The van der Waals surface area contributed by atoms with Gasteiger partial charge in [-0.2, -0.15) is 5.10 Å². The molecule has 1 fully saturated rings. The van der Waals surface area contributed by atoms with Crippen molar-refractivity contribution in [2.45, 2.75) is 44.8 Å². The van der Waals surface area contributed by atoms with Gasteiger partial charge in [0, 0.05) is 19.0 Å². The highest BCUT2D eigenvalue weighted by atomic mass is 19.1. The number of carbonyl (C=O) groups excluding carboxylic acids is 1. The van der Waals surface area contributed by atoms with E-state index in [0.717, 1.165) is 30.3 Å². The van der Waals surface area contributed by atoms with Crippen LogP contribution < -0.4 is 5.32 Å². The first-order chi connectivity index (χ1) is 10.5. The average Bonchev–Trinajstić information content (AvgIpc) is 2.88. The molecule has 2 aromatic rings. The van der Waals surface area contributed by atoms with Crippen molar-refractivity contribution in [2.24, 2.45) is 5.92 Å². The van der Waals surface area contributed by atoms with Gasteiger partial charge in [-0.1, -0.05) is 18.2 Å². The maximum Gasteiger partial charge on any atom is 0.272 e. The Morgan fingerprint density at radius 1 is 1.41 bits per heavy atom. The maximum atomic E-state index is 13.9. The van der Waals surface area contributed by atoms with Crippen LogP contribution in [0, 0.1) is 5.92 Å². The number of benzene rings is 1. The second-order valence-electron chi connectivity index (χ2n) is 6.48. The molecule has 0 radical (unpaired) electrons. The number of amides is 1. The third kappa shape index (κ3) is 2.85. The molecular weight excluding hydrogens is 281 g/mol. The van der Waals surface area contributed by atoms with Gasteiger partial charge in [0.05, 0.1) is 5.52 Å². The van der Waals surface area contributed by atoms with Crippen LogP contribution in [0.25, 0.3) is 10.9 Å². The molecule has 0 unspecified atom stereocenters. The van der Waals surface area contributed by atoms with E-state index < -0.39 is 5.67 Å². The van der Waals surface area contributed by atoms with Gasteiger partial charge in [0.1, 0.15) is 5.67 Å². The predicted octanol–water partition coefficient (Wildman–Crippen LogP) is 3.31. The first-order valence-corrected chi connectivity index (χ1v) is 7.87. The first-order valence-electron chi connectivity index (χ1n) is 7.87. The molecule has 0 atom stereocenters. The molecule has 4 nitrogen and oxygen atoms in total. The van der Waals surface area contributed by atoms with E-state index in [1.54, 1.807) is 14.0 Å². The molecule has 1 aromatic heterocycles. The van der Waals surface area contributed by atoms with Crippen molar-refractivity contribution in [3.8, 4) is 0 Å². The number of fused-ring (bicyclic) bond motifs is 1. The smallest absolute Gasteiger partial charge is 0.272 e. The van der Waals surface area contributed by atoms with Gasteiger partial charge in [0.25, 0.3) is 5.91 Å². The minimum absolute atomic E-state index is 0.171. The van der Waals surface area contributed by atoms with Gasteiger partial charge in [0.15, 0.2) is 5.69 Å². The molecule has 118 valence electrons. The highest BCUT2D eigenvalue weighted by Crippen LogP contribution is 2.35. The lowest BCUT2D eigenvalue weighted by molar-refractivity contribution is 0.0952. The van der Waals surface area contributed by atoms with Crippen LogP contribution in [-0.2, 0) is 6.54 Å². The number of para-hydroxylation sites is 1. The Kier molecular flexibility index (Phi) is 3.89. The number of nitrogens with zero attached hydrogens (tertiary/aromatic N) is 2. The number of hydrogen-bond donors (Lipinski definition) is 1. The summed E-state index contributed by atoms with van der Waals surface area (Å²) in [4.78, 5) is 12.0. The molecule has 1 aliphatic carbocycles. The summed E-state index contributed by atoms with van der Waals surface area (Å²) in [6, 6.07) is 7.77. The van der Waals surface area contributed by atoms with Crippen molar-refractivity contribution < 1.29 is 9.18 Å². The Hall–Kier alpha value is -1.91. The molecule has 22 heavy (non-hydrogen) atoms. The molecule has 0 spiro atoms. The summed E-state index contributed by atoms with van der Waals surface area (Å²) in [5.41, 5.74) is 0.412. The Bertz CT molecular complexity index is 682. The van der Waals surface area contributed by atoms with Gasteiger partial charge in [-0.05, 0) is 44.6 Å². The van der Waals surface area contributed by atoms with E-state index in [-0.39, 0.29) is 5.91 Å². The molecule has 1 aromatic carbocycles. The molecule has 0 aliphatic heterocycles. The second kappa shape index (κ2) is 5.71. The maximum absolute atomic E-state index is 13.9. The van der Waals surface area contributed by atoms with Gasteiger partial charge in [-0.25, -0.2) is 4.39 Å². The van der Waals surface area contributed by atoms with Gasteiger partial charge in [0.2, 0.25) is 0 Å². The summed E-state index contributed by atoms with van der Waals surface area (Å²) in [7, 11) is 1.61. The first kappa shape index (κ1) is 15.0. The third-order valence-electron chi connectivity index (χ3n) is 4.68. The fourth-order valence-electron chi connectivity index (χ4n) is 3.26. The molecule has 0 saturated heterocycles. The fraction of sp³-hybridized carbons (Fsp3) is 0.529. The summed E-state index contributed by atoms with van der Waals surface area (Å²) >= 11 is 0. The van der Waals surface area contributed by atoms with Crippen LogP contribution in [0.3, 0.4) is 0 Å². The summed E-state index contributed by atoms with van der Waals surface area (Å²) < 4.78 is 15.8. The Labute approximate surface area is 129 Å². The number of alkyl halides is 1. The van der Waals surface area contributed by atoms with Crippen molar-refractivity contribution in [3.63, 3.8) is 0 Å². The van der Waals surface area contributed by atoms with Crippen molar-refractivity contribution >= 4 is 16.8 Å². The van der Waals surface area contributed by atoms with Crippen LogP contribution in [0.5, 0.6) is 0 Å². The van der Waals surface area contributed by atoms with E-state index >= 15 is 0 Å². The zero-order valence-electron chi connectivity index (χ0n) is 13.1. The lowest BCUT2D eigenvalue weighted by atomic mass is 9.81. The minimum atomic E-state index is -1.02. The molecule has 1 N–H and O–H groups in total. The Morgan fingerprint density at radius 2 is 2.09 bits per heavy atom. The van der Waals surface area contributed by atoms with Crippen molar-refractivity contribution in [1.82, 2.24) is 15.1 Å². The van der Waals surface area contributed by atoms with Crippen LogP contribution in [0.15, 0.2) is 24.3 Å². The highest BCUT2D eigenvalue weighted by Gasteiger charge is 2.31. The molecule has 5 heteroatoms. The fourth-order valence-corrected chi connectivity index (χ4v) is 3.26. The molecule has 1 heterocycles. The Morgan fingerprint density at radius 3 is 2.77 bits per heavy atom. The van der Waals surface area contributed by atoms with Crippen LogP contribution in [0.4, 0.5) is 4.39 Å². The third-order valence-corrected chi connectivity index (χ3v) is 4.68. The molecular formula is C17H22FN3O. The summed E-state index contributed by atoms with van der Waals surface area (Å²) in [5, 5.41) is 8.01. The number of aromatic nitrogens is 2. The number of rotatable bonds is 3.